The molecule has 1 atom stereocenters. The van der Waals surface area contributed by atoms with Crippen molar-refractivity contribution in [3.63, 3.8) is 0 Å². The van der Waals surface area contributed by atoms with Crippen LogP contribution < -0.4 is 10.6 Å². The van der Waals surface area contributed by atoms with Crippen LogP contribution in [-0.2, 0) is 11.2 Å². The third kappa shape index (κ3) is 2.42. The second kappa shape index (κ2) is 5.34. The van der Waals surface area contributed by atoms with Crippen molar-refractivity contribution >= 4 is 22.2 Å². The Morgan fingerprint density at radius 3 is 2.90 bits per heavy atom. The fourth-order valence-corrected chi connectivity index (χ4v) is 4.07. The topological polar surface area (TPSA) is 84.2 Å². The molecule has 0 spiro atoms. The SMILES string of the molecule is O=C1NCCNC1Cc1nn2c(C3CCCC3)nnc2s1. The van der Waals surface area contributed by atoms with Crippen molar-refractivity contribution in [2.24, 2.45) is 0 Å². The number of carbonyl (C=O) groups excluding carboxylic acids is 1. The van der Waals surface area contributed by atoms with Crippen molar-refractivity contribution in [3.05, 3.63) is 10.8 Å². The van der Waals surface area contributed by atoms with Crippen LogP contribution in [-0.4, -0.2) is 44.8 Å². The van der Waals surface area contributed by atoms with Gasteiger partial charge in [0.1, 0.15) is 5.01 Å². The van der Waals surface area contributed by atoms with Crippen LogP contribution in [0.25, 0.3) is 4.96 Å². The molecule has 2 aliphatic rings. The zero-order chi connectivity index (χ0) is 14.2. The molecule has 1 amide bonds. The van der Waals surface area contributed by atoms with Crippen molar-refractivity contribution in [1.82, 2.24) is 30.4 Å². The van der Waals surface area contributed by atoms with E-state index in [1.807, 2.05) is 4.52 Å². The normalized spacial score (nSPS) is 23.8. The van der Waals surface area contributed by atoms with E-state index in [1.165, 1.54) is 37.0 Å². The highest BCUT2D eigenvalue weighted by atomic mass is 32.1. The summed E-state index contributed by atoms with van der Waals surface area (Å²) in [5.74, 6) is 1.54. The molecule has 8 heteroatoms. The Balaban J connectivity index is 1.57. The van der Waals surface area contributed by atoms with Crippen molar-refractivity contribution in [3.8, 4) is 0 Å². The Labute approximate surface area is 126 Å². The molecule has 0 aromatic carbocycles. The molecule has 4 rings (SSSR count). The molecule has 1 saturated heterocycles. The predicted octanol–water partition coefficient (Wildman–Crippen LogP) is 0.474. The highest BCUT2D eigenvalue weighted by Gasteiger charge is 2.26. The van der Waals surface area contributed by atoms with Crippen LogP contribution in [0.1, 0.15) is 42.4 Å². The first-order valence-electron chi connectivity index (χ1n) is 7.53. The molecule has 21 heavy (non-hydrogen) atoms. The largest absolute Gasteiger partial charge is 0.353 e. The maximum absolute atomic E-state index is 11.8. The van der Waals surface area contributed by atoms with E-state index in [2.05, 4.69) is 25.9 Å². The molecule has 2 aromatic heterocycles. The van der Waals surface area contributed by atoms with Gasteiger partial charge in [0, 0.05) is 25.4 Å². The maximum Gasteiger partial charge on any atom is 0.237 e. The summed E-state index contributed by atoms with van der Waals surface area (Å²) in [6.45, 7) is 1.51. The average Bonchev–Trinajstić information content (AvgIpc) is 3.17. The fourth-order valence-electron chi connectivity index (χ4n) is 3.18. The van der Waals surface area contributed by atoms with Crippen LogP contribution >= 0.6 is 11.3 Å². The highest BCUT2D eigenvalue weighted by molar-refractivity contribution is 7.16. The number of hydrogen-bond acceptors (Lipinski definition) is 6. The van der Waals surface area contributed by atoms with Gasteiger partial charge in [0.15, 0.2) is 5.82 Å². The number of aromatic nitrogens is 4. The number of rotatable bonds is 3. The number of hydrogen-bond donors (Lipinski definition) is 2. The van der Waals surface area contributed by atoms with E-state index in [-0.39, 0.29) is 11.9 Å². The number of nitrogens with one attached hydrogen (secondary N) is 2. The second-order valence-electron chi connectivity index (χ2n) is 5.73. The number of piperazine rings is 1. The molecular weight excluding hydrogens is 288 g/mol. The molecule has 0 radical (unpaired) electrons. The summed E-state index contributed by atoms with van der Waals surface area (Å²) in [5, 5.41) is 20.2. The maximum atomic E-state index is 11.8. The number of carbonyl (C=O) groups is 1. The molecule has 2 aromatic rings. The molecule has 1 unspecified atom stereocenters. The summed E-state index contributed by atoms with van der Waals surface area (Å²) in [7, 11) is 0. The van der Waals surface area contributed by atoms with Crippen LogP contribution in [0, 0.1) is 0 Å². The third-order valence-corrected chi connectivity index (χ3v) is 5.21. The van der Waals surface area contributed by atoms with Crippen LogP contribution in [0.4, 0.5) is 0 Å². The summed E-state index contributed by atoms with van der Waals surface area (Å²) in [4.78, 5) is 12.6. The first-order chi connectivity index (χ1) is 10.3. The van der Waals surface area contributed by atoms with Gasteiger partial charge in [-0.3, -0.25) is 4.79 Å². The van der Waals surface area contributed by atoms with E-state index in [4.69, 9.17) is 0 Å². The summed E-state index contributed by atoms with van der Waals surface area (Å²) in [6, 6.07) is -0.183. The lowest BCUT2D eigenvalue weighted by Crippen LogP contribution is -2.53. The zero-order valence-corrected chi connectivity index (χ0v) is 12.5. The smallest absolute Gasteiger partial charge is 0.237 e. The lowest BCUT2D eigenvalue weighted by molar-refractivity contribution is -0.124. The number of nitrogens with zero attached hydrogens (tertiary/aromatic N) is 4. The molecular formula is C13H18N6OS. The lowest BCUT2D eigenvalue weighted by Gasteiger charge is -2.22. The van der Waals surface area contributed by atoms with Crippen LogP contribution in [0.5, 0.6) is 0 Å². The first kappa shape index (κ1) is 13.1. The second-order valence-corrected chi connectivity index (χ2v) is 6.77. The van der Waals surface area contributed by atoms with Gasteiger partial charge in [0.05, 0.1) is 6.04 Å². The standard InChI is InChI=1S/C13H18N6OS/c20-12-9(14-5-6-15-12)7-10-18-19-11(8-3-1-2-4-8)16-17-13(19)21-10/h8-9,14H,1-7H2,(H,15,20). The molecule has 7 nitrogen and oxygen atoms in total. The molecule has 1 aliphatic carbocycles. The first-order valence-corrected chi connectivity index (χ1v) is 8.35. The minimum Gasteiger partial charge on any atom is -0.353 e. The molecule has 1 aliphatic heterocycles. The Bertz CT molecular complexity index is 659. The molecule has 0 bridgehead atoms. The van der Waals surface area contributed by atoms with E-state index in [9.17, 15) is 4.79 Å². The number of fused-ring (bicyclic) bond motifs is 1. The quantitative estimate of drug-likeness (QED) is 0.861. The number of amides is 1. The van der Waals surface area contributed by atoms with E-state index >= 15 is 0 Å². The summed E-state index contributed by atoms with van der Waals surface area (Å²) >= 11 is 1.53. The van der Waals surface area contributed by atoms with Gasteiger partial charge in [-0.25, -0.2) is 0 Å². The van der Waals surface area contributed by atoms with E-state index in [0.29, 0.717) is 18.9 Å². The van der Waals surface area contributed by atoms with Crippen molar-refractivity contribution in [2.75, 3.05) is 13.1 Å². The van der Waals surface area contributed by atoms with Gasteiger partial charge in [0.25, 0.3) is 0 Å². The minimum absolute atomic E-state index is 0.0585. The predicted molar refractivity (Wildman–Crippen MR) is 78.4 cm³/mol. The third-order valence-electron chi connectivity index (χ3n) is 4.29. The molecule has 2 N–H and O–H groups in total. The summed E-state index contributed by atoms with van der Waals surface area (Å²) < 4.78 is 1.89. The van der Waals surface area contributed by atoms with Crippen molar-refractivity contribution in [1.29, 1.82) is 0 Å². The van der Waals surface area contributed by atoms with Crippen molar-refractivity contribution in [2.45, 2.75) is 44.1 Å². The highest BCUT2D eigenvalue weighted by Crippen LogP contribution is 2.33. The monoisotopic (exact) mass is 306 g/mol. The van der Waals surface area contributed by atoms with Gasteiger partial charge in [-0.2, -0.15) is 9.61 Å². The average molecular weight is 306 g/mol. The van der Waals surface area contributed by atoms with Crippen LogP contribution in [0.15, 0.2) is 0 Å². The Hall–Kier alpha value is -1.54. The zero-order valence-electron chi connectivity index (χ0n) is 11.7. The molecule has 2 fully saturated rings. The van der Waals surface area contributed by atoms with Crippen LogP contribution in [0.3, 0.4) is 0 Å². The van der Waals surface area contributed by atoms with Gasteiger partial charge in [0.2, 0.25) is 10.9 Å². The van der Waals surface area contributed by atoms with Crippen LogP contribution in [0.2, 0.25) is 0 Å². The lowest BCUT2D eigenvalue weighted by atomic mass is 10.1. The van der Waals surface area contributed by atoms with Gasteiger partial charge >= 0.3 is 0 Å². The van der Waals surface area contributed by atoms with Crippen molar-refractivity contribution < 1.29 is 4.79 Å². The van der Waals surface area contributed by atoms with E-state index < -0.39 is 0 Å². The van der Waals surface area contributed by atoms with Gasteiger partial charge in [-0.05, 0) is 12.8 Å². The van der Waals surface area contributed by atoms with Gasteiger partial charge < -0.3 is 10.6 Å². The summed E-state index contributed by atoms with van der Waals surface area (Å²) in [6.07, 6.45) is 5.51. The Morgan fingerprint density at radius 2 is 2.10 bits per heavy atom. The molecule has 3 heterocycles. The molecule has 112 valence electrons. The van der Waals surface area contributed by atoms with E-state index in [0.717, 1.165) is 22.3 Å². The Morgan fingerprint density at radius 1 is 1.24 bits per heavy atom. The van der Waals surface area contributed by atoms with E-state index in [1.54, 1.807) is 0 Å². The fraction of sp³-hybridized carbons (Fsp3) is 0.692. The minimum atomic E-state index is -0.183. The molecule has 1 saturated carbocycles. The summed E-state index contributed by atoms with van der Waals surface area (Å²) in [5.41, 5.74) is 0. The Kier molecular flexibility index (Phi) is 3.34. The van der Waals surface area contributed by atoms with Gasteiger partial charge in [-0.1, -0.05) is 24.2 Å². The van der Waals surface area contributed by atoms with Gasteiger partial charge in [-0.15, -0.1) is 10.2 Å².